The summed E-state index contributed by atoms with van der Waals surface area (Å²) in [6.07, 6.45) is 0.586. The van der Waals surface area contributed by atoms with Gasteiger partial charge in [-0.3, -0.25) is 9.59 Å². The number of anilines is 1. The van der Waals surface area contributed by atoms with E-state index in [-0.39, 0.29) is 24.4 Å². The quantitative estimate of drug-likeness (QED) is 0.870. The Bertz CT molecular complexity index is 861. The molecule has 0 aliphatic carbocycles. The number of fused-ring (bicyclic) bond motifs is 2. The van der Waals surface area contributed by atoms with Crippen LogP contribution < -0.4 is 19.5 Å². The second kappa shape index (κ2) is 6.12. The van der Waals surface area contributed by atoms with E-state index in [0.29, 0.717) is 35.8 Å². The van der Waals surface area contributed by atoms with Crippen LogP contribution in [-0.4, -0.2) is 25.1 Å². The van der Waals surface area contributed by atoms with Crippen LogP contribution >= 0.6 is 0 Å². The normalized spacial score (nSPS) is 17.4. The summed E-state index contributed by atoms with van der Waals surface area (Å²) in [5.41, 5.74) is 1.69. The van der Waals surface area contributed by atoms with Gasteiger partial charge in [-0.1, -0.05) is 18.2 Å². The summed E-state index contributed by atoms with van der Waals surface area (Å²) in [5.74, 6) is 1.12. The number of Topliss-reactive ketones (excluding diaryl/α,β-unsaturated/α-hetero) is 1. The largest absolute Gasteiger partial charge is 0.493 e. The monoisotopic (exact) mass is 339 g/mol. The van der Waals surface area contributed by atoms with Gasteiger partial charge in [0.25, 0.3) is 0 Å². The van der Waals surface area contributed by atoms with Crippen molar-refractivity contribution in [3.8, 4) is 17.2 Å². The fourth-order valence-corrected chi connectivity index (χ4v) is 3.17. The molecular weight excluding hydrogens is 322 g/mol. The molecule has 0 bridgehead atoms. The van der Waals surface area contributed by atoms with Crippen molar-refractivity contribution in [2.45, 2.75) is 19.3 Å². The average molecular weight is 339 g/mol. The van der Waals surface area contributed by atoms with E-state index in [1.165, 1.54) is 6.92 Å². The molecule has 6 nitrogen and oxygen atoms in total. The lowest BCUT2D eigenvalue weighted by Crippen LogP contribution is -2.27. The number of hydrogen-bond donors (Lipinski definition) is 1. The third-order valence-corrected chi connectivity index (χ3v) is 4.42. The molecule has 2 aromatic rings. The van der Waals surface area contributed by atoms with Crippen LogP contribution in [-0.2, 0) is 4.79 Å². The van der Waals surface area contributed by atoms with Crippen LogP contribution in [0.3, 0.4) is 0 Å². The lowest BCUT2D eigenvalue weighted by molar-refractivity contribution is -0.118. The fourth-order valence-electron chi connectivity index (χ4n) is 3.17. The third kappa shape index (κ3) is 2.80. The number of ether oxygens (including phenoxy) is 3. The summed E-state index contributed by atoms with van der Waals surface area (Å²) < 4.78 is 16.3. The maximum Gasteiger partial charge on any atom is 0.232 e. The molecule has 1 amide bonds. The maximum absolute atomic E-state index is 12.9. The van der Waals surface area contributed by atoms with Crippen molar-refractivity contribution in [3.63, 3.8) is 0 Å². The molecule has 6 heteroatoms. The van der Waals surface area contributed by atoms with Gasteiger partial charge in [-0.2, -0.15) is 0 Å². The van der Waals surface area contributed by atoms with E-state index in [4.69, 9.17) is 14.2 Å². The van der Waals surface area contributed by atoms with Crippen LogP contribution in [0.4, 0.5) is 5.69 Å². The third-order valence-electron chi connectivity index (χ3n) is 4.42. The molecule has 0 fully saturated rings. The molecule has 0 spiro atoms. The van der Waals surface area contributed by atoms with Crippen molar-refractivity contribution < 1.29 is 23.8 Å². The minimum atomic E-state index is -0.324. The van der Waals surface area contributed by atoms with E-state index in [2.05, 4.69) is 5.32 Å². The number of nitrogens with one attached hydrogen (secondary N) is 1. The lowest BCUT2D eigenvalue weighted by Gasteiger charge is -2.25. The van der Waals surface area contributed by atoms with Crippen molar-refractivity contribution in [2.24, 2.45) is 0 Å². The smallest absolute Gasteiger partial charge is 0.232 e. The molecule has 0 radical (unpaired) electrons. The average Bonchev–Trinajstić information content (AvgIpc) is 3.07. The Hall–Kier alpha value is -3.02. The number of hydrogen-bond acceptors (Lipinski definition) is 5. The Morgan fingerprint density at radius 1 is 1.04 bits per heavy atom. The zero-order chi connectivity index (χ0) is 17.4. The van der Waals surface area contributed by atoms with E-state index < -0.39 is 0 Å². The highest BCUT2D eigenvalue weighted by Gasteiger charge is 2.29. The van der Waals surface area contributed by atoms with Gasteiger partial charge < -0.3 is 19.5 Å². The van der Waals surface area contributed by atoms with Gasteiger partial charge in [0.2, 0.25) is 12.7 Å². The molecule has 128 valence electrons. The van der Waals surface area contributed by atoms with Gasteiger partial charge in [0.05, 0.1) is 18.2 Å². The topological polar surface area (TPSA) is 73.9 Å². The Morgan fingerprint density at radius 2 is 1.80 bits per heavy atom. The minimum absolute atomic E-state index is 0.109. The zero-order valence-corrected chi connectivity index (χ0v) is 13.7. The van der Waals surface area contributed by atoms with Crippen LogP contribution in [0.25, 0.3) is 0 Å². The van der Waals surface area contributed by atoms with E-state index in [9.17, 15) is 9.59 Å². The predicted octanol–water partition coefficient (Wildman–Crippen LogP) is 3.12. The molecule has 1 unspecified atom stereocenters. The number of amides is 1. The summed E-state index contributed by atoms with van der Waals surface area (Å²) in [5, 5.41) is 2.88. The van der Waals surface area contributed by atoms with E-state index in [1.54, 1.807) is 12.1 Å². The van der Waals surface area contributed by atoms with Crippen molar-refractivity contribution in [3.05, 3.63) is 47.5 Å². The van der Waals surface area contributed by atoms with E-state index >= 15 is 0 Å². The van der Waals surface area contributed by atoms with Crippen LogP contribution in [0.2, 0.25) is 0 Å². The maximum atomic E-state index is 12.9. The van der Waals surface area contributed by atoms with Crippen LogP contribution in [0.1, 0.15) is 35.2 Å². The number of rotatable bonds is 3. The first kappa shape index (κ1) is 15.5. The summed E-state index contributed by atoms with van der Waals surface area (Å²) in [6.45, 7) is 2.05. The molecule has 4 rings (SSSR count). The lowest BCUT2D eigenvalue weighted by atomic mass is 9.92. The highest BCUT2D eigenvalue weighted by Crippen LogP contribution is 2.39. The van der Waals surface area contributed by atoms with Gasteiger partial charge >= 0.3 is 0 Å². The first-order valence-corrected chi connectivity index (χ1v) is 8.10. The Morgan fingerprint density at radius 3 is 2.60 bits per heavy atom. The standard InChI is InChI=1S/C19H17NO5/c1-11(21)14-8-17-18(25-10-24-17)9-15(14)20-19(22)13-6-7-23-16-5-3-2-4-12(13)16/h2-5,8-9,13H,6-7,10H2,1H3,(H,20,22). The van der Waals surface area contributed by atoms with Gasteiger partial charge in [-0.05, 0) is 25.5 Å². The van der Waals surface area contributed by atoms with Crippen LogP contribution in [0.15, 0.2) is 36.4 Å². The van der Waals surface area contributed by atoms with Gasteiger partial charge in [0.15, 0.2) is 17.3 Å². The van der Waals surface area contributed by atoms with Crippen molar-refractivity contribution in [1.82, 2.24) is 0 Å². The number of ketones is 1. The molecule has 25 heavy (non-hydrogen) atoms. The number of benzene rings is 2. The Kier molecular flexibility index (Phi) is 3.80. The molecule has 2 aromatic carbocycles. The Balaban J connectivity index is 1.65. The molecule has 2 aliphatic rings. The molecule has 2 aliphatic heterocycles. The van der Waals surface area contributed by atoms with E-state index in [1.807, 2.05) is 24.3 Å². The number of carbonyl (C=O) groups excluding carboxylic acids is 2. The zero-order valence-electron chi connectivity index (χ0n) is 13.7. The van der Waals surface area contributed by atoms with Crippen molar-refractivity contribution >= 4 is 17.4 Å². The van der Waals surface area contributed by atoms with Gasteiger partial charge in [-0.15, -0.1) is 0 Å². The summed E-state index contributed by atoms with van der Waals surface area (Å²) >= 11 is 0. The molecular formula is C19H17NO5. The highest BCUT2D eigenvalue weighted by atomic mass is 16.7. The fraction of sp³-hybridized carbons (Fsp3) is 0.263. The molecule has 0 saturated carbocycles. The summed E-state index contributed by atoms with van der Waals surface area (Å²) in [7, 11) is 0. The van der Waals surface area contributed by atoms with Crippen LogP contribution in [0, 0.1) is 0 Å². The van der Waals surface area contributed by atoms with Gasteiger partial charge in [0.1, 0.15) is 5.75 Å². The summed E-state index contributed by atoms with van der Waals surface area (Å²) in [6, 6.07) is 10.8. The number of carbonyl (C=O) groups is 2. The second-order valence-electron chi connectivity index (χ2n) is 6.02. The Labute approximate surface area is 144 Å². The minimum Gasteiger partial charge on any atom is -0.493 e. The molecule has 0 saturated heterocycles. The first-order valence-electron chi connectivity index (χ1n) is 8.10. The molecule has 2 heterocycles. The molecule has 0 aromatic heterocycles. The SMILES string of the molecule is CC(=O)c1cc2c(cc1NC(=O)C1CCOc3ccccc31)OCO2. The highest BCUT2D eigenvalue weighted by molar-refractivity contribution is 6.06. The van der Waals surface area contributed by atoms with Crippen LogP contribution in [0.5, 0.6) is 17.2 Å². The summed E-state index contributed by atoms with van der Waals surface area (Å²) in [4.78, 5) is 24.8. The number of para-hydroxylation sites is 1. The molecule has 1 atom stereocenters. The first-order chi connectivity index (χ1) is 12.1. The predicted molar refractivity (Wildman–Crippen MR) is 90.5 cm³/mol. The van der Waals surface area contributed by atoms with Gasteiger partial charge in [0, 0.05) is 17.2 Å². The second-order valence-corrected chi connectivity index (χ2v) is 6.02. The van der Waals surface area contributed by atoms with Crippen molar-refractivity contribution in [2.75, 3.05) is 18.7 Å². The van der Waals surface area contributed by atoms with Gasteiger partial charge in [-0.25, -0.2) is 0 Å². The van der Waals surface area contributed by atoms with E-state index in [0.717, 1.165) is 11.3 Å². The molecule has 1 N–H and O–H groups in total. The van der Waals surface area contributed by atoms with Crippen molar-refractivity contribution in [1.29, 1.82) is 0 Å².